The number of anilines is 1. The number of nitrogens with zero attached hydrogens (tertiary/aromatic N) is 3. The van der Waals surface area contributed by atoms with Gasteiger partial charge in [-0.05, 0) is 56.0 Å². The average Bonchev–Trinajstić information content (AvgIpc) is 2.97. The first-order valence-electron chi connectivity index (χ1n) is 14.8. The number of halogens is 3. The van der Waals surface area contributed by atoms with Crippen molar-refractivity contribution in [3.05, 3.63) is 75.6 Å². The van der Waals surface area contributed by atoms with Gasteiger partial charge in [-0.1, -0.05) is 30.3 Å². The average molecular weight is 643 g/mol. The molecule has 0 heterocycles. The first-order valence-corrected chi connectivity index (χ1v) is 14.8. The number of fused-ring (bicyclic) bond motifs is 3. The Kier molecular flexibility index (Phi) is 8.93. The molecule has 3 aliphatic rings. The summed E-state index contributed by atoms with van der Waals surface area (Å²) in [5.74, 6) is -7.23. The molecule has 1 fully saturated rings. The molecule has 2 aromatic carbocycles. The maximum Gasteiger partial charge on any atom is 0.282 e. The highest BCUT2D eigenvalue weighted by Crippen LogP contribution is 2.52. The van der Waals surface area contributed by atoms with Gasteiger partial charge in [0.2, 0.25) is 6.30 Å². The maximum atomic E-state index is 14.9. The van der Waals surface area contributed by atoms with E-state index in [0.29, 0.717) is 16.8 Å². The number of rotatable bonds is 9. The van der Waals surface area contributed by atoms with E-state index in [1.165, 1.54) is 0 Å². The van der Waals surface area contributed by atoms with Crippen molar-refractivity contribution in [2.24, 2.45) is 23.5 Å². The molecule has 3 aliphatic carbocycles. The number of likely N-dealkylation sites (N-methyl/N-ethyl adjacent to an activating group) is 1. The maximum absolute atomic E-state index is 14.9. The van der Waals surface area contributed by atoms with E-state index in [9.17, 15) is 42.9 Å². The number of carbonyl (C=O) groups is 3. The zero-order valence-electron chi connectivity index (χ0n) is 25.9. The van der Waals surface area contributed by atoms with Crippen LogP contribution >= 0.6 is 0 Å². The molecule has 0 radical (unpaired) electrons. The summed E-state index contributed by atoms with van der Waals surface area (Å²) in [6.07, 6.45) is -5.67. The van der Waals surface area contributed by atoms with Crippen molar-refractivity contribution in [2.75, 3.05) is 33.1 Å². The fourth-order valence-corrected chi connectivity index (χ4v) is 7.31. The van der Waals surface area contributed by atoms with Crippen LogP contribution in [0.2, 0.25) is 0 Å². The molecule has 2 aromatic rings. The van der Waals surface area contributed by atoms with E-state index >= 15 is 0 Å². The van der Waals surface area contributed by atoms with Gasteiger partial charge < -0.3 is 26.0 Å². The van der Waals surface area contributed by atoms with Crippen molar-refractivity contribution in [3.8, 4) is 5.75 Å². The Morgan fingerprint density at radius 3 is 2.22 bits per heavy atom. The number of hydrogen-bond donors (Lipinski definition) is 4. The number of phenolic OH excluding ortho intramolecular Hbond substituents is 1. The Morgan fingerprint density at radius 2 is 1.65 bits per heavy atom. The fraction of sp³-hybridized carbons (Fsp3) is 0.424. The van der Waals surface area contributed by atoms with E-state index < -0.39 is 83.4 Å². The minimum Gasteiger partial charge on any atom is -0.510 e. The highest BCUT2D eigenvalue weighted by molar-refractivity contribution is 6.28. The van der Waals surface area contributed by atoms with Crippen LogP contribution in [0.25, 0.3) is 5.76 Å². The van der Waals surface area contributed by atoms with Crippen LogP contribution in [0.3, 0.4) is 0 Å². The van der Waals surface area contributed by atoms with Crippen molar-refractivity contribution < 1.29 is 42.9 Å². The highest BCUT2D eigenvalue weighted by atomic mass is 19.3. The van der Waals surface area contributed by atoms with Crippen LogP contribution in [-0.4, -0.2) is 89.5 Å². The van der Waals surface area contributed by atoms with E-state index in [4.69, 9.17) is 5.73 Å². The van der Waals surface area contributed by atoms with Crippen LogP contribution < -0.4 is 10.6 Å². The van der Waals surface area contributed by atoms with E-state index in [0.717, 1.165) is 4.90 Å². The third-order valence-electron chi connectivity index (χ3n) is 9.26. The molecule has 1 amide bonds. The van der Waals surface area contributed by atoms with Gasteiger partial charge in [0, 0.05) is 44.0 Å². The molecular weight excluding hydrogens is 605 g/mol. The van der Waals surface area contributed by atoms with Crippen molar-refractivity contribution in [1.82, 2.24) is 9.80 Å². The Bertz CT molecular complexity index is 1640. The molecule has 0 aromatic heterocycles. The molecule has 0 saturated heterocycles. The number of Topliss-reactive ketones (excluding diaryl/α,β-unsaturated/α-hetero) is 2. The zero-order valence-corrected chi connectivity index (χ0v) is 25.9. The van der Waals surface area contributed by atoms with Crippen molar-refractivity contribution in [3.63, 3.8) is 0 Å². The molecule has 1 saturated carbocycles. The number of allylic oxidation sites excluding steroid dienone is 1. The summed E-state index contributed by atoms with van der Waals surface area (Å²) in [4.78, 5) is 43.9. The lowest BCUT2D eigenvalue weighted by atomic mass is 9.59. The summed E-state index contributed by atoms with van der Waals surface area (Å²) in [5, 5.41) is 34.1. The second-order valence-corrected chi connectivity index (χ2v) is 12.6. The second-order valence-electron chi connectivity index (χ2n) is 12.6. The Hall–Kier alpha value is -4.36. The Morgan fingerprint density at radius 1 is 1.00 bits per heavy atom. The first kappa shape index (κ1) is 33.0. The highest BCUT2D eigenvalue weighted by Gasteiger charge is 2.56. The topological polar surface area (TPSA) is 148 Å². The van der Waals surface area contributed by atoms with Gasteiger partial charge in [-0.25, -0.2) is 13.2 Å². The zero-order chi connectivity index (χ0) is 33.8. The summed E-state index contributed by atoms with van der Waals surface area (Å²) >= 11 is 0. The molecule has 5 rings (SSSR count). The van der Waals surface area contributed by atoms with Crippen LogP contribution in [0, 0.1) is 17.8 Å². The summed E-state index contributed by atoms with van der Waals surface area (Å²) in [5.41, 5.74) is 6.14. The number of hydrogen-bond acceptors (Lipinski definition) is 9. The number of alkyl halides is 3. The predicted molar refractivity (Wildman–Crippen MR) is 164 cm³/mol. The van der Waals surface area contributed by atoms with E-state index in [-0.39, 0.29) is 36.1 Å². The van der Waals surface area contributed by atoms with Crippen LogP contribution in [0.5, 0.6) is 5.75 Å². The standard InChI is InChI=1S/C33H37F3N4O6/c1-38(2)20-12-17(14-40(32(36)31(34)35)13-15-8-6-5-7-9-15)26(41)22-18(20)10-16-11-19-23(28(43)21(16)27(22)42)29(44)24(33(37)46)30(45)25(19)39(3)4/h5-9,12,16,19,23,25,31-32,41-42,45H,10-11,13-14H2,1-4H3,(H2,37,46)/t16?,19?,23?,25-,32?/m0/s1. The smallest absolute Gasteiger partial charge is 0.282 e. The molecular formula is C33H37F3N4O6. The predicted octanol–water partition coefficient (Wildman–Crippen LogP) is 3.48. The number of aliphatic hydroxyl groups is 2. The number of carbonyl (C=O) groups excluding carboxylic acids is 3. The molecule has 246 valence electrons. The van der Waals surface area contributed by atoms with Gasteiger partial charge >= 0.3 is 0 Å². The SMILES string of the molecule is CN(C)c1cc(CN(Cc2ccccc2)C(F)C(F)F)c(O)c2c1CC1CC3C(C(=O)C(C(N)=O)=C(O)[C@H]3N(C)C)C(=O)C1=C2O. The lowest BCUT2D eigenvalue weighted by Gasteiger charge is -2.46. The molecule has 0 bridgehead atoms. The molecule has 0 aliphatic heterocycles. The van der Waals surface area contributed by atoms with Crippen molar-refractivity contribution >= 4 is 28.9 Å². The molecule has 10 nitrogen and oxygen atoms in total. The lowest BCUT2D eigenvalue weighted by Crippen LogP contribution is -2.55. The number of benzene rings is 2. The number of nitrogens with two attached hydrogens (primary N) is 1. The number of primary amides is 1. The molecule has 5 N–H and O–H groups in total. The van der Waals surface area contributed by atoms with Gasteiger partial charge in [0.1, 0.15) is 22.8 Å². The molecule has 0 spiro atoms. The summed E-state index contributed by atoms with van der Waals surface area (Å²) in [7, 11) is 6.70. The van der Waals surface area contributed by atoms with Crippen LogP contribution in [0.1, 0.15) is 28.7 Å². The summed E-state index contributed by atoms with van der Waals surface area (Å²) in [6.45, 7) is -0.658. The monoisotopic (exact) mass is 642 g/mol. The van der Waals surface area contributed by atoms with Gasteiger partial charge in [0.15, 0.2) is 11.6 Å². The van der Waals surface area contributed by atoms with E-state index in [1.54, 1.807) is 74.4 Å². The van der Waals surface area contributed by atoms with E-state index in [1.807, 2.05) is 0 Å². The number of aromatic hydroxyl groups is 1. The van der Waals surface area contributed by atoms with Gasteiger partial charge in [0.05, 0.1) is 17.5 Å². The molecule has 4 unspecified atom stereocenters. The third kappa shape index (κ3) is 5.51. The van der Waals surface area contributed by atoms with Gasteiger partial charge in [-0.15, -0.1) is 0 Å². The normalized spacial score (nSPS) is 23.5. The number of ketones is 2. The van der Waals surface area contributed by atoms with Gasteiger partial charge in [-0.3, -0.25) is 24.2 Å². The third-order valence-corrected chi connectivity index (χ3v) is 9.26. The largest absolute Gasteiger partial charge is 0.510 e. The minimum absolute atomic E-state index is 0.0405. The Balaban J connectivity index is 1.62. The second kappa shape index (κ2) is 12.4. The molecule has 5 atom stereocenters. The van der Waals surface area contributed by atoms with Gasteiger partial charge in [-0.2, -0.15) is 0 Å². The Labute approximate surface area is 264 Å². The lowest BCUT2D eigenvalue weighted by molar-refractivity contribution is -0.136. The van der Waals surface area contributed by atoms with Gasteiger partial charge in [0.25, 0.3) is 12.3 Å². The summed E-state index contributed by atoms with van der Waals surface area (Å²) < 4.78 is 42.2. The van der Waals surface area contributed by atoms with Crippen LogP contribution in [-0.2, 0) is 33.9 Å². The number of amides is 1. The van der Waals surface area contributed by atoms with Crippen molar-refractivity contribution in [1.29, 1.82) is 0 Å². The fourth-order valence-electron chi connectivity index (χ4n) is 7.31. The quantitative estimate of drug-likeness (QED) is 0.183. The van der Waals surface area contributed by atoms with E-state index in [2.05, 4.69) is 0 Å². The van der Waals surface area contributed by atoms with Crippen LogP contribution in [0.15, 0.2) is 53.3 Å². The number of aliphatic hydroxyl groups excluding tert-OH is 2. The minimum atomic E-state index is -3.33. The number of phenols is 1. The summed E-state index contributed by atoms with van der Waals surface area (Å²) in [6, 6.07) is 9.12. The molecule has 13 heteroatoms. The molecule has 46 heavy (non-hydrogen) atoms. The van der Waals surface area contributed by atoms with Crippen molar-refractivity contribution in [2.45, 2.75) is 44.7 Å². The first-order chi connectivity index (χ1) is 21.6. The van der Waals surface area contributed by atoms with Crippen LogP contribution in [0.4, 0.5) is 18.9 Å².